The van der Waals surface area contributed by atoms with Gasteiger partial charge < -0.3 is 14.6 Å². The summed E-state index contributed by atoms with van der Waals surface area (Å²) in [5, 5.41) is 9.29. The van der Waals surface area contributed by atoms with Crippen LogP contribution < -0.4 is 0 Å². The molecule has 19 heavy (non-hydrogen) atoms. The van der Waals surface area contributed by atoms with E-state index < -0.39 is 11.7 Å². The van der Waals surface area contributed by atoms with Gasteiger partial charge in [-0.3, -0.25) is 0 Å². The Bertz CT molecular complexity index is 321. The second-order valence-corrected chi connectivity index (χ2v) is 7.15. The minimum absolute atomic E-state index is 0.00167. The van der Waals surface area contributed by atoms with Crippen molar-refractivity contribution in [2.24, 2.45) is 17.8 Å². The molecule has 4 nitrogen and oxygen atoms in total. The first-order chi connectivity index (χ1) is 8.97. The van der Waals surface area contributed by atoms with E-state index in [0.29, 0.717) is 23.5 Å². The minimum Gasteiger partial charge on any atom is -0.459 e. The SMILES string of the molecule is CC1CC[C@@H](C(C)C)C(OC(=O)[C@H]2O[C@H](O)CS2)C1. The molecule has 0 spiro atoms. The molecule has 2 aliphatic rings. The van der Waals surface area contributed by atoms with Crippen LogP contribution in [-0.4, -0.2) is 34.7 Å². The van der Waals surface area contributed by atoms with Gasteiger partial charge in [-0.25, -0.2) is 4.79 Å². The van der Waals surface area contributed by atoms with E-state index in [1.165, 1.54) is 18.2 Å². The molecule has 0 aromatic carbocycles. The predicted molar refractivity (Wildman–Crippen MR) is 74.6 cm³/mol. The number of hydrogen-bond acceptors (Lipinski definition) is 5. The van der Waals surface area contributed by atoms with Crippen LogP contribution in [0.3, 0.4) is 0 Å². The molecule has 0 radical (unpaired) electrons. The van der Waals surface area contributed by atoms with Gasteiger partial charge in [0.15, 0.2) is 6.29 Å². The number of ether oxygens (including phenoxy) is 2. The van der Waals surface area contributed by atoms with Gasteiger partial charge in [0.25, 0.3) is 0 Å². The Morgan fingerprint density at radius 2 is 2.16 bits per heavy atom. The van der Waals surface area contributed by atoms with Crippen molar-refractivity contribution in [1.29, 1.82) is 0 Å². The lowest BCUT2D eigenvalue weighted by Gasteiger charge is -2.37. The maximum absolute atomic E-state index is 12.1. The van der Waals surface area contributed by atoms with Crippen molar-refractivity contribution < 1.29 is 19.4 Å². The summed E-state index contributed by atoms with van der Waals surface area (Å²) in [6.45, 7) is 6.58. The number of carbonyl (C=O) groups excluding carboxylic acids is 1. The molecule has 2 fully saturated rings. The van der Waals surface area contributed by atoms with Crippen molar-refractivity contribution in [1.82, 2.24) is 0 Å². The first-order valence-electron chi connectivity index (χ1n) is 7.13. The second kappa shape index (κ2) is 6.46. The molecule has 0 bridgehead atoms. The highest BCUT2D eigenvalue weighted by Crippen LogP contribution is 2.36. The van der Waals surface area contributed by atoms with Crippen LogP contribution in [0.1, 0.15) is 40.0 Å². The highest BCUT2D eigenvalue weighted by Gasteiger charge is 2.37. The normalized spacial score (nSPS) is 39.5. The van der Waals surface area contributed by atoms with Crippen molar-refractivity contribution in [2.45, 2.75) is 57.9 Å². The Hall–Kier alpha value is -0.260. The highest BCUT2D eigenvalue weighted by atomic mass is 32.2. The molecule has 1 aliphatic heterocycles. The summed E-state index contributed by atoms with van der Waals surface area (Å²) in [6.07, 6.45) is 2.43. The zero-order valence-electron chi connectivity index (χ0n) is 11.9. The fraction of sp³-hybridized carbons (Fsp3) is 0.929. The molecule has 2 unspecified atom stereocenters. The fourth-order valence-corrected chi connectivity index (χ4v) is 3.79. The summed E-state index contributed by atoms with van der Waals surface area (Å²) in [5.74, 6) is 1.68. The van der Waals surface area contributed by atoms with Crippen molar-refractivity contribution >= 4 is 17.7 Å². The largest absolute Gasteiger partial charge is 0.459 e. The number of carbonyl (C=O) groups is 1. The third-order valence-corrected chi connectivity index (χ3v) is 5.18. The molecule has 1 aliphatic carbocycles. The summed E-state index contributed by atoms with van der Waals surface area (Å²) >= 11 is 1.31. The van der Waals surface area contributed by atoms with Gasteiger partial charge in [-0.1, -0.05) is 27.2 Å². The summed E-state index contributed by atoms with van der Waals surface area (Å²) in [5.41, 5.74) is -0.653. The summed E-state index contributed by atoms with van der Waals surface area (Å²) in [7, 11) is 0. The van der Waals surface area contributed by atoms with Crippen LogP contribution >= 0.6 is 11.8 Å². The van der Waals surface area contributed by atoms with E-state index in [1.807, 2.05) is 0 Å². The average molecular weight is 288 g/mol. The lowest BCUT2D eigenvalue weighted by atomic mass is 9.75. The zero-order valence-corrected chi connectivity index (χ0v) is 12.7. The van der Waals surface area contributed by atoms with Crippen LogP contribution in [0.4, 0.5) is 0 Å². The first-order valence-corrected chi connectivity index (χ1v) is 8.18. The Morgan fingerprint density at radius 1 is 1.42 bits per heavy atom. The zero-order chi connectivity index (χ0) is 14.0. The molecule has 1 heterocycles. The van der Waals surface area contributed by atoms with Crippen LogP contribution in [0.25, 0.3) is 0 Å². The minimum atomic E-state index is -0.839. The van der Waals surface area contributed by atoms with E-state index >= 15 is 0 Å². The molecule has 5 heteroatoms. The van der Waals surface area contributed by atoms with Gasteiger partial charge in [0.1, 0.15) is 6.10 Å². The molecule has 0 aromatic rings. The topological polar surface area (TPSA) is 55.8 Å². The summed E-state index contributed by atoms with van der Waals surface area (Å²) in [6, 6.07) is 0. The van der Waals surface area contributed by atoms with Gasteiger partial charge in [0, 0.05) is 5.75 Å². The average Bonchev–Trinajstić information content (AvgIpc) is 2.75. The molecule has 5 atom stereocenters. The predicted octanol–water partition coefficient (Wildman–Crippen LogP) is 2.40. The van der Waals surface area contributed by atoms with E-state index in [-0.39, 0.29) is 12.1 Å². The molecule has 0 amide bonds. The Morgan fingerprint density at radius 3 is 2.74 bits per heavy atom. The molecular weight excluding hydrogens is 264 g/mol. The maximum Gasteiger partial charge on any atom is 0.346 e. The van der Waals surface area contributed by atoms with E-state index in [4.69, 9.17) is 9.47 Å². The van der Waals surface area contributed by atoms with Crippen LogP contribution in [0.15, 0.2) is 0 Å². The lowest BCUT2D eigenvalue weighted by molar-refractivity contribution is -0.172. The van der Waals surface area contributed by atoms with Crippen LogP contribution in [-0.2, 0) is 14.3 Å². The van der Waals surface area contributed by atoms with Crippen molar-refractivity contribution in [3.8, 4) is 0 Å². The second-order valence-electron chi connectivity index (χ2n) is 6.06. The van der Waals surface area contributed by atoms with Crippen molar-refractivity contribution in [2.75, 3.05) is 5.75 Å². The van der Waals surface area contributed by atoms with Crippen molar-refractivity contribution in [3.63, 3.8) is 0 Å². The quantitative estimate of drug-likeness (QED) is 0.808. The number of aliphatic hydroxyl groups is 1. The molecule has 1 saturated heterocycles. The fourth-order valence-electron chi connectivity index (χ4n) is 2.97. The summed E-state index contributed by atoms with van der Waals surface area (Å²) in [4.78, 5) is 12.1. The van der Waals surface area contributed by atoms with Gasteiger partial charge in [-0.05, 0) is 30.6 Å². The van der Waals surface area contributed by atoms with E-state index in [0.717, 1.165) is 12.8 Å². The number of esters is 1. The molecule has 0 aromatic heterocycles. The Balaban J connectivity index is 1.92. The van der Waals surface area contributed by atoms with Crippen LogP contribution in [0, 0.1) is 17.8 Å². The number of thioether (sulfide) groups is 1. The molecule has 1 N–H and O–H groups in total. The monoisotopic (exact) mass is 288 g/mol. The molecule has 110 valence electrons. The van der Waals surface area contributed by atoms with Crippen LogP contribution in [0.2, 0.25) is 0 Å². The number of hydrogen-bond donors (Lipinski definition) is 1. The first kappa shape index (κ1) is 15.1. The Labute approximate surface area is 119 Å². The molecule has 2 rings (SSSR count). The van der Waals surface area contributed by atoms with E-state index in [9.17, 15) is 9.90 Å². The van der Waals surface area contributed by atoms with E-state index in [2.05, 4.69) is 20.8 Å². The van der Waals surface area contributed by atoms with Crippen LogP contribution in [0.5, 0.6) is 0 Å². The standard InChI is InChI=1S/C14H24O4S/c1-8(2)10-5-4-9(3)6-11(10)17-13(16)14-18-12(15)7-19-14/h8-12,14-15H,4-7H2,1-3H3/t9?,10-,11?,12-,14-/m0/s1. The van der Waals surface area contributed by atoms with Gasteiger partial charge in [-0.2, -0.15) is 0 Å². The van der Waals surface area contributed by atoms with E-state index in [1.54, 1.807) is 0 Å². The van der Waals surface area contributed by atoms with Gasteiger partial charge in [-0.15, -0.1) is 11.8 Å². The number of rotatable bonds is 3. The maximum atomic E-state index is 12.1. The third kappa shape index (κ3) is 3.86. The molecular formula is C14H24O4S. The van der Waals surface area contributed by atoms with Crippen molar-refractivity contribution in [3.05, 3.63) is 0 Å². The van der Waals surface area contributed by atoms with Gasteiger partial charge >= 0.3 is 5.97 Å². The summed E-state index contributed by atoms with van der Waals surface area (Å²) < 4.78 is 10.8. The molecule has 1 saturated carbocycles. The third-order valence-electron chi connectivity index (χ3n) is 4.09. The Kier molecular flexibility index (Phi) is 5.15. The van der Waals surface area contributed by atoms with Gasteiger partial charge in [0.2, 0.25) is 5.44 Å². The smallest absolute Gasteiger partial charge is 0.346 e. The lowest BCUT2D eigenvalue weighted by Crippen LogP contribution is -2.38. The van der Waals surface area contributed by atoms with Gasteiger partial charge in [0.05, 0.1) is 0 Å². The number of aliphatic hydroxyl groups excluding tert-OH is 1. The highest BCUT2D eigenvalue weighted by molar-refractivity contribution is 8.00.